The monoisotopic (exact) mass is 249 g/mol. The van der Waals surface area contributed by atoms with Crippen molar-refractivity contribution in [2.75, 3.05) is 19.7 Å². The first-order valence-electron chi connectivity index (χ1n) is 6.85. The van der Waals surface area contributed by atoms with Crippen molar-refractivity contribution in [3.63, 3.8) is 0 Å². The molecule has 1 aliphatic carbocycles. The molecule has 1 spiro atoms. The van der Waals surface area contributed by atoms with Gasteiger partial charge in [-0.1, -0.05) is 25.0 Å². The van der Waals surface area contributed by atoms with Gasteiger partial charge in [0.2, 0.25) is 0 Å². The van der Waals surface area contributed by atoms with Crippen LogP contribution in [0.1, 0.15) is 37.4 Å². The molecular weight excluding hydrogens is 229 g/mol. The van der Waals surface area contributed by atoms with E-state index in [-0.39, 0.29) is 11.9 Å². The zero-order valence-corrected chi connectivity index (χ0v) is 10.6. The van der Waals surface area contributed by atoms with Gasteiger partial charge in [-0.05, 0) is 30.5 Å². The molecule has 18 heavy (non-hydrogen) atoms. The van der Waals surface area contributed by atoms with Crippen molar-refractivity contribution in [2.45, 2.75) is 31.8 Å². The lowest BCUT2D eigenvalue weighted by Crippen LogP contribution is -2.32. The molecule has 1 N–H and O–H groups in total. The first-order chi connectivity index (χ1) is 8.77. The van der Waals surface area contributed by atoms with Gasteiger partial charge in [-0.25, -0.2) is 4.39 Å². The average Bonchev–Trinajstić information content (AvgIpc) is 2.71. The summed E-state index contributed by atoms with van der Waals surface area (Å²) in [7, 11) is 0. The van der Waals surface area contributed by atoms with Crippen LogP contribution in [0.2, 0.25) is 0 Å². The Morgan fingerprint density at radius 2 is 2.11 bits per heavy atom. The highest BCUT2D eigenvalue weighted by atomic mass is 19.1. The van der Waals surface area contributed by atoms with E-state index in [4.69, 9.17) is 4.74 Å². The fraction of sp³-hybridized carbons (Fsp3) is 0.600. The minimum absolute atomic E-state index is 0.0133. The number of ether oxygens (including phenoxy) is 1. The SMILES string of the molecule is Fc1cccc(C2CNCC3(CCCC3)CO2)c1. The molecule has 2 fully saturated rings. The van der Waals surface area contributed by atoms with Crippen molar-refractivity contribution in [3.8, 4) is 0 Å². The summed E-state index contributed by atoms with van der Waals surface area (Å²) in [6.45, 7) is 2.63. The Kier molecular flexibility index (Phi) is 3.35. The van der Waals surface area contributed by atoms with Gasteiger partial charge in [0.15, 0.2) is 0 Å². The first kappa shape index (κ1) is 12.1. The summed E-state index contributed by atoms with van der Waals surface area (Å²) in [6.07, 6.45) is 5.14. The first-order valence-corrected chi connectivity index (χ1v) is 6.85. The molecule has 1 atom stereocenters. The number of hydrogen-bond donors (Lipinski definition) is 1. The van der Waals surface area contributed by atoms with E-state index in [1.54, 1.807) is 12.1 Å². The summed E-state index contributed by atoms with van der Waals surface area (Å²) in [5.41, 5.74) is 1.28. The minimum atomic E-state index is -0.184. The van der Waals surface area contributed by atoms with Crippen LogP contribution >= 0.6 is 0 Å². The lowest BCUT2D eigenvalue weighted by molar-refractivity contribution is 0.0157. The quantitative estimate of drug-likeness (QED) is 0.826. The fourth-order valence-corrected chi connectivity index (χ4v) is 3.22. The highest BCUT2D eigenvalue weighted by Crippen LogP contribution is 2.40. The molecule has 0 amide bonds. The largest absolute Gasteiger partial charge is 0.372 e. The Bertz CT molecular complexity index is 415. The van der Waals surface area contributed by atoms with Crippen molar-refractivity contribution in [1.29, 1.82) is 0 Å². The molecule has 0 bridgehead atoms. The van der Waals surface area contributed by atoms with E-state index in [1.165, 1.54) is 31.7 Å². The van der Waals surface area contributed by atoms with Crippen LogP contribution in [0.5, 0.6) is 0 Å². The van der Waals surface area contributed by atoms with Crippen molar-refractivity contribution < 1.29 is 9.13 Å². The van der Waals surface area contributed by atoms with E-state index in [9.17, 15) is 4.39 Å². The van der Waals surface area contributed by atoms with Gasteiger partial charge in [0.1, 0.15) is 5.82 Å². The topological polar surface area (TPSA) is 21.3 Å². The summed E-state index contributed by atoms with van der Waals surface area (Å²) in [5.74, 6) is -0.184. The Morgan fingerprint density at radius 3 is 2.89 bits per heavy atom. The molecule has 1 saturated heterocycles. The molecule has 0 aromatic heterocycles. The smallest absolute Gasteiger partial charge is 0.123 e. The van der Waals surface area contributed by atoms with Gasteiger partial charge in [0.05, 0.1) is 12.7 Å². The van der Waals surface area contributed by atoms with Gasteiger partial charge < -0.3 is 10.1 Å². The van der Waals surface area contributed by atoms with Gasteiger partial charge in [0, 0.05) is 18.5 Å². The molecular formula is C15H20FNO. The summed E-state index contributed by atoms with van der Waals surface area (Å²) in [5, 5.41) is 3.50. The van der Waals surface area contributed by atoms with Crippen LogP contribution in [0.3, 0.4) is 0 Å². The van der Waals surface area contributed by atoms with Gasteiger partial charge in [-0.3, -0.25) is 0 Å². The third-order valence-corrected chi connectivity index (χ3v) is 4.31. The van der Waals surface area contributed by atoms with Crippen LogP contribution in [0, 0.1) is 11.2 Å². The number of benzene rings is 1. The Hall–Kier alpha value is -0.930. The number of nitrogens with one attached hydrogen (secondary N) is 1. The van der Waals surface area contributed by atoms with E-state index in [1.807, 2.05) is 6.07 Å². The average molecular weight is 249 g/mol. The van der Waals surface area contributed by atoms with Crippen LogP contribution in [-0.2, 0) is 4.74 Å². The second-order valence-corrected chi connectivity index (χ2v) is 5.69. The summed E-state index contributed by atoms with van der Waals surface area (Å²) in [4.78, 5) is 0. The van der Waals surface area contributed by atoms with Crippen LogP contribution in [0.15, 0.2) is 24.3 Å². The Balaban J connectivity index is 1.72. The normalized spacial score (nSPS) is 27.3. The van der Waals surface area contributed by atoms with E-state index in [0.29, 0.717) is 5.41 Å². The van der Waals surface area contributed by atoms with Crippen molar-refractivity contribution in [1.82, 2.24) is 5.32 Å². The zero-order chi connectivity index (χ0) is 12.4. The van der Waals surface area contributed by atoms with Crippen LogP contribution in [0.25, 0.3) is 0 Å². The van der Waals surface area contributed by atoms with Gasteiger partial charge >= 0.3 is 0 Å². The van der Waals surface area contributed by atoms with E-state index < -0.39 is 0 Å². The molecule has 1 saturated carbocycles. The Labute approximate surface area is 108 Å². The maximum Gasteiger partial charge on any atom is 0.123 e. The minimum Gasteiger partial charge on any atom is -0.372 e. The molecule has 3 rings (SSSR count). The molecule has 2 nitrogen and oxygen atoms in total. The maximum atomic E-state index is 13.2. The second-order valence-electron chi connectivity index (χ2n) is 5.69. The lowest BCUT2D eigenvalue weighted by atomic mass is 9.87. The van der Waals surface area contributed by atoms with Gasteiger partial charge in [-0.2, -0.15) is 0 Å². The van der Waals surface area contributed by atoms with Crippen molar-refractivity contribution in [3.05, 3.63) is 35.6 Å². The van der Waals surface area contributed by atoms with E-state index in [0.717, 1.165) is 25.3 Å². The van der Waals surface area contributed by atoms with Gasteiger partial charge in [-0.15, -0.1) is 0 Å². The molecule has 1 aromatic carbocycles. The van der Waals surface area contributed by atoms with Gasteiger partial charge in [0.25, 0.3) is 0 Å². The molecule has 3 heteroatoms. The third-order valence-electron chi connectivity index (χ3n) is 4.31. The molecule has 98 valence electrons. The molecule has 1 heterocycles. The summed E-state index contributed by atoms with van der Waals surface area (Å²) in [6, 6.07) is 6.76. The molecule has 0 radical (unpaired) electrons. The molecule has 1 unspecified atom stereocenters. The van der Waals surface area contributed by atoms with E-state index in [2.05, 4.69) is 5.32 Å². The predicted molar refractivity (Wildman–Crippen MR) is 68.9 cm³/mol. The number of halogens is 1. The van der Waals surface area contributed by atoms with Crippen LogP contribution in [-0.4, -0.2) is 19.7 Å². The molecule has 2 aliphatic rings. The van der Waals surface area contributed by atoms with Crippen LogP contribution < -0.4 is 5.32 Å². The lowest BCUT2D eigenvalue weighted by Gasteiger charge is -2.26. The van der Waals surface area contributed by atoms with Crippen molar-refractivity contribution >= 4 is 0 Å². The fourth-order valence-electron chi connectivity index (χ4n) is 3.22. The standard InChI is InChI=1S/C15H20FNO/c16-13-5-3-4-12(8-13)14-9-17-10-15(11-18-14)6-1-2-7-15/h3-5,8,14,17H,1-2,6-7,9-11H2. The highest BCUT2D eigenvalue weighted by molar-refractivity contribution is 5.19. The molecule has 1 aromatic rings. The summed E-state index contributed by atoms with van der Waals surface area (Å²) < 4.78 is 19.3. The zero-order valence-electron chi connectivity index (χ0n) is 10.6. The number of hydrogen-bond acceptors (Lipinski definition) is 2. The number of rotatable bonds is 1. The Morgan fingerprint density at radius 1 is 1.28 bits per heavy atom. The van der Waals surface area contributed by atoms with E-state index >= 15 is 0 Å². The maximum absolute atomic E-state index is 13.2. The third kappa shape index (κ3) is 2.43. The molecule has 1 aliphatic heterocycles. The highest BCUT2D eigenvalue weighted by Gasteiger charge is 2.36. The predicted octanol–water partition coefficient (Wildman–Crippen LogP) is 3.05. The second kappa shape index (κ2) is 4.98. The summed E-state index contributed by atoms with van der Waals surface area (Å²) >= 11 is 0. The van der Waals surface area contributed by atoms with Crippen LogP contribution in [0.4, 0.5) is 4.39 Å². The van der Waals surface area contributed by atoms with Crippen molar-refractivity contribution in [2.24, 2.45) is 5.41 Å².